The van der Waals surface area contributed by atoms with E-state index in [0.29, 0.717) is 16.9 Å². The second kappa shape index (κ2) is 6.97. The standard InChI is InChI=1S/C15H23N3OS/c1-18(2)14-9-11(7-8-16-14)15(19)17-12-5-4-6-13(10-12)20-3/h7-9,12-13H,4-6,10H2,1-3H3,(H,17,19)/t12-,13+/m1/s1. The highest BCUT2D eigenvalue weighted by molar-refractivity contribution is 7.99. The van der Waals surface area contributed by atoms with E-state index in [0.717, 1.165) is 18.7 Å². The lowest BCUT2D eigenvalue weighted by atomic mass is 9.94. The Hall–Kier alpha value is -1.23. The molecule has 4 nitrogen and oxygen atoms in total. The summed E-state index contributed by atoms with van der Waals surface area (Å²) in [6.45, 7) is 0. The minimum Gasteiger partial charge on any atom is -0.363 e. The molecular weight excluding hydrogens is 270 g/mol. The molecule has 1 amide bonds. The van der Waals surface area contributed by atoms with Crippen molar-refractivity contribution in [3.8, 4) is 0 Å². The van der Waals surface area contributed by atoms with Gasteiger partial charge in [0.05, 0.1) is 0 Å². The number of rotatable bonds is 4. The first-order chi connectivity index (χ1) is 9.60. The number of hydrogen-bond acceptors (Lipinski definition) is 4. The Bertz CT molecular complexity index is 464. The van der Waals surface area contributed by atoms with Crippen molar-refractivity contribution in [3.05, 3.63) is 23.9 Å². The first-order valence-electron chi connectivity index (χ1n) is 7.07. The Labute approximate surface area is 125 Å². The summed E-state index contributed by atoms with van der Waals surface area (Å²) >= 11 is 1.91. The summed E-state index contributed by atoms with van der Waals surface area (Å²) < 4.78 is 0. The van der Waals surface area contributed by atoms with E-state index in [1.54, 1.807) is 12.3 Å². The summed E-state index contributed by atoms with van der Waals surface area (Å²) in [6.07, 6.45) is 8.49. The fraction of sp³-hybridized carbons (Fsp3) is 0.600. The van der Waals surface area contributed by atoms with Crippen molar-refractivity contribution in [3.63, 3.8) is 0 Å². The van der Waals surface area contributed by atoms with Gasteiger partial charge in [0, 0.05) is 37.1 Å². The number of hydrogen-bond donors (Lipinski definition) is 1. The molecule has 1 fully saturated rings. The predicted octanol–water partition coefficient (Wildman–Crippen LogP) is 2.55. The van der Waals surface area contributed by atoms with Crippen molar-refractivity contribution in [2.45, 2.75) is 37.0 Å². The molecule has 0 saturated heterocycles. The van der Waals surface area contributed by atoms with Crippen LogP contribution in [0.4, 0.5) is 5.82 Å². The molecule has 1 aromatic heterocycles. The van der Waals surface area contributed by atoms with Crippen LogP contribution in [0.1, 0.15) is 36.0 Å². The minimum absolute atomic E-state index is 0.0160. The molecule has 1 heterocycles. The number of carbonyl (C=O) groups excluding carboxylic acids is 1. The molecule has 0 aromatic carbocycles. The molecular formula is C15H23N3OS. The van der Waals surface area contributed by atoms with Crippen molar-refractivity contribution in [1.82, 2.24) is 10.3 Å². The summed E-state index contributed by atoms with van der Waals surface area (Å²) in [6, 6.07) is 3.92. The molecule has 1 aliphatic rings. The Morgan fingerprint density at radius 3 is 2.95 bits per heavy atom. The van der Waals surface area contributed by atoms with E-state index in [2.05, 4.69) is 16.6 Å². The van der Waals surface area contributed by atoms with Crippen LogP contribution in [-0.4, -0.2) is 42.5 Å². The zero-order chi connectivity index (χ0) is 14.5. The van der Waals surface area contributed by atoms with Gasteiger partial charge in [-0.3, -0.25) is 4.79 Å². The van der Waals surface area contributed by atoms with Crippen LogP contribution in [0.2, 0.25) is 0 Å². The maximum atomic E-state index is 12.3. The van der Waals surface area contributed by atoms with Crippen molar-refractivity contribution in [2.24, 2.45) is 0 Å². The van der Waals surface area contributed by atoms with Crippen molar-refractivity contribution < 1.29 is 4.79 Å². The number of aromatic nitrogens is 1. The summed E-state index contributed by atoms with van der Waals surface area (Å²) in [4.78, 5) is 18.5. The van der Waals surface area contributed by atoms with Gasteiger partial charge in [-0.25, -0.2) is 4.98 Å². The molecule has 2 atom stereocenters. The van der Waals surface area contributed by atoms with Gasteiger partial charge in [0.25, 0.3) is 5.91 Å². The van der Waals surface area contributed by atoms with Crippen LogP contribution < -0.4 is 10.2 Å². The number of nitrogens with one attached hydrogen (secondary N) is 1. The molecule has 110 valence electrons. The van der Waals surface area contributed by atoms with Crippen molar-refractivity contribution in [2.75, 3.05) is 25.3 Å². The van der Waals surface area contributed by atoms with Crippen molar-refractivity contribution >= 4 is 23.5 Å². The van der Waals surface area contributed by atoms with Gasteiger partial charge in [-0.2, -0.15) is 11.8 Å². The van der Waals surface area contributed by atoms with Gasteiger partial charge in [0.1, 0.15) is 5.82 Å². The Kier molecular flexibility index (Phi) is 5.29. The Morgan fingerprint density at radius 1 is 1.45 bits per heavy atom. The Morgan fingerprint density at radius 2 is 2.25 bits per heavy atom. The van der Waals surface area contributed by atoms with Crippen LogP contribution in [0.5, 0.6) is 0 Å². The fourth-order valence-electron chi connectivity index (χ4n) is 2.56. The number of pyridine rings is 1. The van der Waals surface area contributed by atoms with E-state index < -0.39 is 0 Å². The smallest absolute Gasteiger partial charge is 0.251 e. The highest BCUT2D eigenvalue weighted by Crippen LogP contribution is 2.27. The van der Waals surface area contributed by atoms with E-state index in [1.807, 2.05) is 36.8 Å². The van der Waals surface area contributed by atoms with E-state index >= 15 is 0 Å². The molecule has 2 rings (SSSR count). The van der Waals surface area contributed by atoms with Gasteiger partial charge in [0.15, 0.2) is 0 Å². The third-order valence-electron chi connectivity index (χ3n) is 3.76. The number of nitrogens with zero attached hydrogens (tertiary/aromatic N) is 2. The lowest BCUT2D eigenvalue weighted by Crippen LogP contribution is -2.39. The average molecular weight is 293 g/mol. The second-order valence-corrected chi connectivity index (χ2v) is 6.63. The number of anilines is 1. The van der Waals surface area contributed by atoms with E-state index in [1.165, 1.54) is 12.8 Å². The van der Waals surface area contributed by atoms with Crippen LogP contribution in [-0.2, 0) is 0 Å². The average Bonchev–Trinajstić information content (AvgIpc) is 2.47. The molecule has 0 spiro atoms. The summed E-state index contributed by atoms with van der Waals surface area (Å²) in [7, 11) is 3.85. The Balaban J connectivity index is 1.99. The highest BCUT2D eigenvalue weighted by atomic mass is 32.2. The molecule has 0 aliphatic heterocycles. The first kappa shape index (κ1) is 15.2. The van der Waals surface area contributed by atoms with Crippen LogP contribution in [0.3, 0.4) is 0 Å². The fourth-order valence-corrected chi connectivity index (χ4v) is 3.39. The molecule has 1 saturated carbocycles. The van der Waals surface area contributed by atoms with Gasteiger partial charge >= 0.3 is 0 Å². The van der Waals surface area contributed by atoms with E-state index in [9.17, 15) is 4.79 Å². The summed E-state index contributed by atoms with van der Waals surface area (Å²) in [5.74, 6) is 0.825. The lowest BCUT2D eigenvalue weighted by molar-refractivity contribution is 0.0928. The molecule has 0 radical (unpaired) electrons. The topological polar surface area (TPSA) is 45.2 Å². The minimum atomic E-state index is 0.0160. The molecule has 20 heavy (non-hydrogen) atoms. The van der Waals surface area contributed by atoms with E-state index in [-0.39, 0.29) is 5.91 Å². The van der Waals surface area contributed by atoms with Gasteiger partial charge in [-0.05, 0) is 37.7 Å². The van der Waals surface area contributed by atoms with Crippen molar-refractivity contribution in [1.29, 1.82) is 0 Å². The maximum absolute atomic E-state index is 12.3. The molecule has 0 bridgehead atoms. The monoisotopic (exact) mass is 293 g/mol. The number of carbonyl (C=O) groups is 1. The third kappa shape index (κ3) is 3.88. The second-order valence-electron chi connectivity index (χ2n) is 5.49. The molecule has 1 aliphatic carbocycles. The SMILES string of the molecule is CS[C@H]1CCC[C@@H](NC(=O)c2ccnc(N(C)C)c2)C1. The number of amides is 1. The third-order valence-corrected chi connectivity index (χ3v) is 4.86. The largest absolute Gasteiger partial charge is 0.363 e. The molecule has 1 aromatic rings. The normalized spacial score (nSPS) is 22.4. The van der Waals surface area contributed by atoms with Gasteiger partial charge < -0.3 is 10.2 Å². The van der Waals surface area contributed by atoms with Gasteiger partial charge in [0.2, 0.25) is 0 Å². The van der Waals surface area contributed by atoms with E-state index in [4.69, 9.17) is 0 Å². The summed E-state index contributed by atoms with van der Waals surface area (Å²) in [5.41, 5.74) is 0.690. The first-order valence-corrected chi connectivity index (χ1v) is 8.36. The van der Waals surface area contributed by atoms with Crippen LogP contribution >= 0.6 is 11.8 Å². The van der Waals surface area contributed by atoms with Crippen LogP contribution in [0.15, 0.2) is 18.3 Å². The predicted molar refractivity (Wildman–Crippen MR) is 85.6 cm³/mol. The quantitative estimate of drug-likeness (QED) is 0.926. The zero-order valence-electron chi connectivity index (χ0n) is 12.4. The summed E-state index contributed by atoms with van der Waals surface area (Å²) in [5, 5.41) is 3.85. The molecule has 5 heteroatoms. The maximum Gasteiger partial charge on any atom is 0.251 e. The number of thioether (sulfide) groups is 1. The highest BCUT2D eigenvalue weighted by Gasteiger charge is 2.23. The zero-order valence-corrected chi connectivity index (χ0v) is 13.2. The van der Waals surface area contributed by atoms with Crippen LogP contribution in [0.25, 0.3) is 0 Å². The lowest BCUT2D eigenvalue weighted by Gasteiger charge is -2.28. The van der Waals surface area contributed by atoms with Gasteiger partial charge in [-0.15, -0.1) is 0 Å². The van der Waals surface area contributed by atoms with Crippen LogP contribution in [0, 0.1) is 0 Å². The van der Waals surface area contributed by atoms with Gasteiger partial charge in [-0.1, -0.05) is 6.42 Å². The molecule has 1 N–H and O–H groups in total. The molecule has 0 unspecified atom stereocenters.